The van der Waals surface area contributed by atoms with Crippen LogP contribution in [-0.2, 0) is 0 Å². The van der Waals surface area contributed by atoms with Crippen LogP contribution < -0.4 is 0 Å². The summed E-state index contributed by atoms with van der Waals surface area (Å²) in [5.41, 5.74) is 1.14. The fourth-order valence-electron chi connectivity index (χ4n) is 1.29. The molecule has 0 unspecified atom stereocenters. The lowest BCUT2D eigenvalue weighted by molar-refractivity contribution is 0.0693. The van der Waals surface area contributed by atoms with E-state index in [0.29, 0.717) is 15.1 Å². The molecule has 0 aliphatic heterocycles. The molecule has 0 saturated heterocycles. The first-order valence-electron chi connectivity index (χ1n) is 5.05. The van der Waals surface area contributed by atoms with Gasteiger partial charge in [-0.15, -0.1) is 0 Å². The van der Waals surface area contributed by atoms with Gasteiger partial charge in [0.05, 0.1) is 5.56 Å². The number of nitrogens with zero attached hydrogens (tertiary/aromatic N) is 2. The Hall–Kier alpha value is -1.59. The van der Waals surface area contributed by atoms with E-state index in [0.717, 1.165) is 5.56 Å². The molecule has 0 atom stereocenters. The number of benzene rings is 1. The molecule has 0 amide bonds. The van der Waals surface area contributed by atoms with Crippen molar-refractivity contribution in [1.82, 2.24) is 9.97 Å². The van der Waals surface area contributed by atoms with Gasteiger partial charge in [-0.05, 0) is 42.4 Å². The van der Waals surface area contributed by atoms with Crippen molar-refractivity contribution in [2.45, 2.75) is 17.0 Å². The van der Waals surface area contributed by atoms with E-state index in [9.17, 15) is 4.79 Å². The number of carbonyl (C=O) groups is 1. The van der Waals surface area contributed by atoms with E-state index < -0.39 is 5.97 Å². The largest absolute Gasteiger partial charge is 0.478 e. The number of aromatic nitrogens is 2. The Morgan fingerprint density at radius 2 is 2.00 bits per heavy atom. The van der Waals surface area contributed by atoms with Crippen LogP contribution in [0.1, 0.15) is 15.9 Å². The summed E-state index contributed by atoms with van der Waals surface area (Å²) in [6.07, 6.45) is 3.36. The SMILES string of the molecule is Cc1cnc(Sc2cc(Cl)ccc2C(=O)O)nc1. The summed E-state index contributed by atoms with van der Waals surface area (Å²) in [5, 5.41) is 10.1. The first-order valence-corrected chi connectivity index (χ1v) is 6.25. The lowest BCUT2D eigenvalue weighted by Gasteiger charge is -2.05. The molecule has 2 rings (SSSR count). The van der Waals surface area contributed by atoms with Gasteiger partial charge in [-0.3, -0.25) is 0 Å². The van der Waals surface area contributed by atoms with Gasteiger partial charge in [0.2, 0.25) is 0 Å². The molecule has 0 aliphatic carbocycles. The first kappa shape index (κ1) is 12.9. The van der Waals surface area contributed by atoms with Crippen molar-refractivity contribution in [3.8, 4) is 0 Å². The van der Waals surface area contributed by atoms with E-state index in [1.165, 1.54) is 17.8 Å². The Morgan fingerprint density at radius 3 is 2.61 bits per heavy atom. The number of carboxylic acids is 1. The third kappa shape index (κ3) is 3.00. The summed E-state index contributed by atoms with van der Waals surface area (Å²) in [7, 11) is 0. The highest BCUT2D eigenvalue weighted by Gasteiger charge is 2.12. The normalized spacial score (nSPS) is 10.3. The lowest BCUT2D eigenvalue weighted by atomic mass is 10.2. The van der Waals surface area contributed by atoms with Crippen LogP contribution in [0, 0.1) is 6.92 Å². The molecular weight excluding hydrogens is 272 g/mol. The molecule has 92 valence electrons. The molecule has 0 aliphatic rings. The van der Waals surface area contributed by atoms with Gasteiger partial charge >= 0.3 is 5.97 Å². The molecule has 2 aromatic rings. The zero-order valence-electron chi connectivity index (χ0n) is 9.42. The van der Waals surface area contributed by atoms with E-state index in [4.69, 9.17) is 16.7 Å². The number of aromatic carboxylic acids is 1. The second kappa shape index (κ2) is 5.37. The maximum atomic E-state index is 11.1. The van der Waals surface area contributed by atoms with Crippen LogP contribution in [0.5, 0.6) is 0 Å². The predicted molar refractivity (Wildman–Crippen MR) is 69.3 cm³/mol. The van der Waals surface area contributed by atoms with Gasteiger partial charge in [-0.1, -0.05) is 11.6 Å². The third-order valence-corrected chi connectivity index (χ3v) is 3.32. The number of hydrogen-bond acceptors (Lipinski definition) is 4. The van der Waals surface area contributed by atoms with Crippen molar-refractivity contribution in [2.24, 2.45) is 0 Å². The molecule has 0 bridgehead atoms. The molecule has 18 heavy (non-hydrogen) atoms. The maximum Gasteiger partial charge on any atom is 0.336 e. The Bertz CT molecular complexity index is 587. The van der Waals surface area contributed by atoms with Crippen molar-refractivity contribution in [3.63, 3.8) is 0 Å². The Morgan fingerprint density at radius 1 is 1.33 bits per heavy atom. The summed E-state index contributed by atoms with van der Waals surface area (Å²) in [6.45, 7) is 1.89. The number of rotatable bonds is 3. The quantitative estimate of drug-likeness (QED) is 0.874. The molecular formula is C12H9ClN2O2S. The highest BCUT2D eigenvalue weighted by molar-refractivity contribution is 7.99. The monoisotopic (exact) mass is 280 g/mol. The minimum Gasteiger partial charge on any atom is -0.478 e. The first-order chi connectivity index (χ1) is 8.56. The molecule has 0 saturated carbocycles. The van der Waals surface area contributed by atoms with Crippen LogP contribution >= 0.6 is 23.4 Å². The van der Waals surface area contributed by atoms with Gasteiger partial charge in [0.1, 0.15) is 0 Å². The summed E-state index contributed by atoms with van der Waals surface area (Å²) in [6, 6.07) is 4.62. The van der Waals surface area contributed by atoms with Crippen LogP contribution in [0.3, 0.4) is 0 Å². The fourth-order valence-corrected chi connectivity index (χ4v) is 2.38. The summed E-state index contributed by atoms with van der Waals surface area (Å²) < 4.78 is 0. The second-order valence-corrected chi connectivity index (χ2v) is 5.04. The smallest absolute Gasteiger partial charge is 0.336 e. The molecule has 1 aromatic heterocycles. The van der Waals surface area contributed by atoms with Gasteiger partial charge in [-0.2, -0.15) is 0 Å². The van der Waals surface area contributed by atoms with Crippen LogP contribution in [-0.4, -0.2) is 21.0 Å². The van der Waals surface area contributed by atoms with Crippen molar-refractivity contribution in [2.75, 3.05) is 0 Å². The topological polar surface area (TPSA) is 63.1 Å². The zero-order valence-corrected chi connectivity index (χ0v) is 11.0. The van der Waals surface area contributed by atoms with Gasteiger partial charge in [0.25, 0.3) is 0 Å². The average molecular weight is 281 g/mol. The highest BCUT2D eigenvalue weighted by atomic mass is 35.5. The highest BCUT2D eigenvalue weighted by Crippen LogP contribution is 2.30. The van der Waals surface area contributed by atoms with Gasteiger partial charge in [0, 0.05) is 22.3 Å². The molecule has 0 fully saturated rings. The third-order valence-electron chi connectivity index (χ3n) is 2.13. The zero-order chi connectivity index (χ0) is 13.1. The maximum absolute atomic E-state index is 11.1. The van der Waals surface area contributed by atoms with Crippen LogP contribution in [0.25, 0.3) is 0 Å². The van der Waals surface area contributed by atoms with Gasteiger partial charge < -0.3 is 5.11 Å². The molecule has 1 N–H and O–H groups in total. The van der Waals surface area contributed by atoms with Crippen molar-refractivity contribution in [3.05, 3.63) is 46.7 Å². The molecule has 0 radical (unpaired) electrons. The molecule has 0 spiro atoms. The van der Waals surface area contributed by atoms with Gasteiger partial charge in [-0.25, -0.2) is 14.8 Å². The molecule has 1 heterocycles. The van der Waals surface area contributed by atoms with Crippen molar-refractivity contribution >= 4 is 29.3 Å². The number of carboxylic acid groups (broad SMARTS) is 1. The minimum absolute atomic E-state index is 0.188. The lowest BCUT2D eigenvalue weighted by Crippen LogP contribution is -1.99. The number of hydrogen-bond donors (Lipinski definition) is 1. The Kier molecular flexibility index (Phi) is 3.84. The van der Waals surface area contributed by atoms with Crippen molar-refractivity contribution < 1.29 is 9.90 Å². The Labute approximate surface area is 113 Å². The summed E-state index contributed by atoms with van der Waals surface area (Å²) in [5.74, 6) is -0.999. The van der Waals surface area contributed by atoms with Crippen LogP contribution in [0.2, 0.25) is 5.02 Å². The minimum atomic E-state index is -0.999. The van der Waals surface area contributed by atoms with E-state index in [-0.39, 0.29) is 5.56 Å². The van der Waals surface area contributed by atoms with E-state index in [1.54, 1.807) is 24.5 Å². The summed E-state index contributed by atoms with van der Waals surface area (Å²) in [4.78, 5) is 19.8. The second-order valence-electron chi connectivity index (χ2n) is 3.59. The number of halogens is 1. The van der Waals surface area contributed by atoms with Crippen LogP contribution in [0.4, 0.5) is 0 Å². The van der Waals surface area contributed by atoms with E-state index in [1.807, 2.05) is 6.92 Å². The van der Waals surface area contributed by atoms with Crippen molar-refractivity contribution in [1.29, 1.82) is 0 Å². The average Bonchev–Trinajstić information content (AvgIpc) is 2.32. The summed E-state index contributed by atoms with van der Waals surface area (Å²) >= 11 is 7.04. The van der Waals surface area contributed by atoms with E-state index in [2.05, 4.69) is 9.97 Å². The predicted octanol–water partition coefficient (Wildman–Crippen LogP) is 3.29. The standard InChI is InChI=1S/C12H9ClN2O2S/c1-7-5-14-12(15-6-7)18-10-4-8(13)2-3-9(10)11(16)17/h2-6H,1H3,(H,16,17). The van der Waals surface area contributed by atoms with Crippen LogP contribution in [0.15, 0.2) is 40.6 Å². The number of aryl methyl sites for hydroxylation is 1. The molecule has 6 heteroatoms. The fraction of sp³-hybridized carbons (Fsp3) is 0.0833. The van der Waals surface area contributed by atoms with E-state index >= 15 is 0 Å². The van der Waals surface area contributed by atoms with Gasteiger partial charge in [0.15, 0.2) is 5.16 Å². The molecule has 4 nitrogen and oxygen atoms in total. The Balaban J connectivity index is 2.35. The molecule has 1 aromatic carbocycles.